The van der Waals surface area contributed by atoms with E-state index >= 15 is 0 Å². The van der Waals surface area contributed by atoms with Crippen molar-refractivity contribution in [3.63, 3.8) is 0 Å². The van der Waals surface area contributed by atoms with Crippen LogP contribution in [0.5, 0.6) is 0 Å². The van der Waals surface area contributed by atoms with Gasteiger partial charge in [0, 0.05) is 40.5 Å². The Kier molecular flexibility index (Phi) is 6.94. The van der Waals surface area contributed by atoms with Crippen molar-refractivity contribution >= 4 is 40.2 Å². The second kappa shape index (κ2) is 9.82. The Balaban J connectivity index is 1.36. The standard InChI is InChI=1S/C21H22ClN3O2S2/c22-16-4-1-3-15(11-16)21-24-17(14-29-21)12-20(26)23-13-18(19-5-2-10-28-19)25-6-8-27-9-7-25/h1-5,10-11,14,18H,6-9,12-13H2,(H,23,26)/t18-/m1/s1. The minimum Gasteiger partial charge on any atom is -0.379 e. The molecule has 4 rings (SSSR count). The highest BCUT2D eigenvalue weighted by Crippen LogP contribution is 2.27. The van der Waals surface area contributed by atoms with E-state index in [-0.39, 0.29) is 18.4 Å². The quantitative estimate of drug-likeness (QED) is 0.588. The lowest BCUT2D eigenvalue weighted by molar-refractivity contribution is -0.120. The molecular weight excluding hydrogens is 426 g/mol. The molecule has 152 valence electrons. The molecule has 8 heteroatoms. The third-order valence-corrected chi connectivity index (χ3v) is 6.96. The SMILES string of the molecule is O=C(Cc1csc(-c2cccc(Cl)c2)n1)NC[C@H](c1cccs1)N1CCOCC1. The van der Waals surface area contributed by atoms with E-state index in [1.54, 1.807) is 11.3 Å². The van der Waals surface area contributed by atoms with Gasteiger partial charge in [-0.1, -0.05) is 29.8 Å². The molecule has 1 aromatic carbocycles. The predicted octanol–water partition coefficient (Wildman–Crippen LogP) is 4.26. The molecule has 1 aliphatic heterocycles. The van der Waals surface area contributed by atoms with Crippen LogP contribution in [0.15, 0.2) is 47.2 Å². The summed E-state index contributed by atoms with van der Waals surface area (Å²) in [6.07, 6.45) is 0.275. The number of thiazole rings is 1. The van der Waals surface area contributed by atoms with Gasteiger partial charge in [0.05, 0.1) is 31.4 Å². The van der Waals surface area contributed by atoms with E-state index in [0.717, 1.165) is 42.6 Å². The van der Waals surface area contributed by atoms with Crippen LogP contribution in [0.2, 0.25) is 5.02 Å². The fraction of sp³-hybridized carbons (Fsp3) is 0.333. The average molecular weight is 448 g/mol. The summed E-state index contributed by atoms with van der Waals surface area (Å²) in [6, 6.07) is 12.0. The van der Waals surface area contributed by atoms with Gasteiger partial charge in [-0.05, 0) is 23.6 Å². The Morgan fingerprint density at radius 2 is 2.10 bits per heavy atom. The number of hydrogen-bond acceptors (Lipinski definition) is 6. The summed E-state index contributed by atoms with van der Waals surface area (Å²) in [5.74, 6) is -0.0113. The Morgan fingerprint density at radius 1 is 1.24 bits per heavy atom. The van der Waals surface area contributed by atoms with Gasteiger partial charge in [-0.15, -0.1) is 22.7 Å². The minimum atomic E-state index is -0.0113. The number of carbonyl (C=O) groups is 1. The van der Waals surface area contributed by atoms with Gasteiger partial charge in [0.25, 0.3) is 0 Å². The van der Waals surface area contributed by atoms with E-state index in [0.29, 0.717) is 11.6 Å². The topological polar surface area (TPSA) is 54.5 Å². The number of ether oxygens (including phenoxy) is 1. The van der Waals surface area contributed by atoms with Gasteiger partial charge in [-0.3, -0.25) is 9.69 Å². The summed E-state index contributed by atoms with van der Waals surface area (Å²) < 4.78 is 5.48. The highest BCUT2D eigenvalue weighted by Gasteiger charge is 2.24. The third kappa shape index (κ3) is 5.43. The number of carbonyl (C=O) groups excluding carboxylic acids is 1. The molecule has 1 saturated heterocycles. The summed E-state index contributed by atoms with van der Waals surface area (Å²) in [6.45, 7) is 3.83. The minimum absolute atomic E-state index is 0.0113. The number of rotatable bonds is 7. The van der Waals surface area contributed by atoms with Gasteiger partial charge < -0.3 is 10.1 Å². The van der Waals surface area contributed by atoms with Crippen molar-refractivity contribution in [2.45, 2.75) is 12.5 Å². The van der Waals surface area contributed by atoms with Crippen LogP contribution < -0.4 is 5.32 Å². The first-order valence-electron chi connectivity index (χ1n) is 9.51. The predicted molar refractivity (Wildman–Crippen MR) is 119 cm³/mol. The average Bonchev–Trinajstić information content (AvgIpc) is 3.42. The monoisotopic (exact) mass is 447 g/mol. The maximum atomic E-state index is 12.6. The van der Waals surface area contributed by atoms with Crippen molar-refractivity contribution in [3.05, 3.63) is 62.8 Å². The fourth-order valence-corrected chi connectivity index (χ4v) is 5.23. The number of halogens is 1. The normalized spacial score (nSPS) is 15.9. The van der Waals surface area contributed by atoms with E-state index < -0.39 is 0 Å². The van der Waals surface area contributed by atoms with Gasteiger partial charge in [-0.25, -0.2) is 4.98 Å². The summed E-state index contributed by atoms with van der Waals surface area (Å²) in [5, 5.41) is 8.68. The Bertz CT molecular complexity index is 939. The maximum absolute atomic E-state index is 12.6. The van der Waals surface area contributed by atoms with Crippen molar-refractivity contribution in [2.24, 2.45) is 0 Å². The summed E-state index contributed by atoms with van der Waals surface area (Å²) in [7, 11) is 0. The fourth-order valence-electron chi connectivity index (χ4n) is 3.36. The molecule has 1 fully saturated rings. The van der Waals surface area contributed by atoms with Crippen LogP contribution in [0, 0.1) is 0 Å². The molecule has 3 aromatic rings. The van der Waals surface area contributed by atoms with Crippen molar-refractivity contribution in [3.8, 4) is 10.6 Å². The Labute approximate surface area is 183 Å². The summed E-state index contributed by atoms with van der Waals surface area (Å²) in [5.41, 5.74) is 1.75. The molecular formula is C21H22ClN3O2S2. The van der Waals surface area contributed by atoms with Crippen LogP contribution in [-0.4, -0.2) is 48.6 Å². The number of amides is 1. The zero-order chi connectivity index (χ0) is 20.1. The van der Waals surface area contributed by atoms with Gasteiger partial charge in [-0.2, -0.15) is 0 Å². The highest BCUT2D eigenvalue weighted by atomic mass is 35.5. The zero-order valence-corrected chi connectivity index (χ0v) is 18.2. The Morgan fingerprint density at radius 3 is 2.86 bits per heavy atom. The molecule has 2 aromatic heterocycles. The van der Waals surface area contributed by atoms with E-state index in [4.69, 9.17) is 16.3 Å². The third-order valence-electron chi connectivity index (χ3n) is 4.82. The smallest absolute Gasteiger partial charge is 0.226 e. The van der Waals surface area contributed by atoms with Crippen LogP contribution >= 0.6 is 34.3 Å². The molecule has 29 heavy (non-hydrogen) atoms. The van der Waals surface area contributed by atoms with Crippen LogP contribution in [0.4, 0.5) is 0 Å². The van der Waals surface area contributed by atoms with E-state index in [2.05, 4.69) is 32.7 Å². The lowest BCUT2D eigenvalue weighted by atomic mass is 10.2. The lowest BCUT2D eigenvalue weighted by Gasteiger charge is -2.34. The first-order valence-corrected chi connectivity index (χ1v) is 11.6. The molecule has 5 nitrogen and oxygen atoms in total. The number of nitrogens with zero attached hydrogens (tertiary/aromatic N) is 2. The van der Waals surface area contributed by atoms with E-state index in [1.807, 2.05) is 29.6 Å². The van der Waals surface area contributed by atoms with Gasteiger partial charge in [0.15, 0.2) is 0 Å². The van der Waals surface area contributed by atoms with Crippen LogP contribution in [0.3, 0.4) is 0 Å². The largest absolute Gasteiger partial charge is 0.379 e. The summed E-state index contributed by atoms with van der Waals surface area (Å²) >= 11 is 9.32. The number of aromatic nitrogens is 1. The molecule has 3 heterocycles. The second-order valence-electron chi connectivity index (χ2n) is 6.81. The summed E-state index contributed by atoms with van der Waals surface area (Å²) in [4.78, 5) is 20.8. The van der Waals surface area contributed by atoms with Crippen molar-refractivity contribution < 1.29 is 9.53 Å². The van der Waals surface area contributed by atoms with Crippen LogP contribution in [0.25, 0.3) is 10.6 Å². The molecule has 1 aliphatic rings. The maximum Gasteiger partial charge on any atom is 0.226 e. The molecule has 0 radical (unpaired) electrons. The number of benzene rings is 1. The molecule has 1 N–H and O–H groups in total. The van der Waals surface area contributed by atoms with Crippen LogP contribution in [0.1, 0.15) is 16.6 Å². The van der Waals surface area contributed by atoms with E-state index in [9.17, 15) is 4.79 Å². The van der Waals surface area contributed by atoms with Crippen molar-refractivity contribution in [1.82, 2.24) is 15.2 Å². The number of hydrogen-bond donors (Lipinski definition) is 1. The number of nitrogens with one attached hydrogen (secondary N) is 1. The van der Waals surface area contributed by atoms with Gasteiger partial charge in [0.2, 0.25) is 5.91 Å². The van der Waals surface area contributed by atoms with Gasteiger partial charge >= 0.3 is 0 Å². The molecule has 0 saturated carbocycles. The Hall–Kier alpha value is -1.77. The first-order chi connectivity index (χ1) is 14.2. The highest BCUT2D eigenvalue weighted by molar-refractivity contribution is 7.13. The zero-order valence-electron chi connectivity index (χ0n) is 15.8. The molecule has 0 spiro atoms. The van der Waals surface area contributed by atoms with E-state index in [1.165, 1.54) is 16.2 Å². The molecule has 1 atom stereocenters. The first kappa shape index (κ1) is 20.5. The number of morpholine rings is 1. The van der Waals surface area contributed by atoms with Gasteiger partial charge in [0.1, 0.15) is 5.01 Å². The molecule has 0 unspecified atom stereocenters. The van der Waals surface area contributed by atoms with Crippen molar-refractivity contribution in [1.29, 1.82) is 0 Å². The van der Waals surface area contributed by atoms with Crippen LogP contribution in [-0.2, 0) is 16.0 Å². The van der Waals surface area contributed by atoms with Crippen molar-refractivity contribution in [2.75, 3.05) is 32.8 Å². The second-order valence-corrected chi connectivity index (χ2v) is 9.09. The number of thiophene rings is 1. The molecule has 1 amide bonds. The molecule has 0 bridgehead atoms. The lowest BCUT2D eigenvalue weighted by Crippen LogP contribution is -2.43. The molecule has 0 aliphatic carbocycles.